The summed E-state index contributed by atoms with van der Waals surface area (Å²) in [6.45, 7) is 0. The van der Waals surface area contributed by atoms with Gasteiger partial charge in [0.1, 0.15) is 0 Å². The summed E-state index contributed by atoms with van der Waals surface area (Å²) in [6, 6.07) is 19.6. The van der Waals surface area contributed by atoms with Gasteiger partial charge < -0.3 is 9.47 Å². The maximum Gasteiger partial charge on any atom is 0.343 e. The number of nitrogens with zero attached hydrogens (tertiary/aromatic N) is 2. The Morgan fingerprint density at radius 2 is 1.85 bits per heavy atom. The van der Waals surface area contributed by atoms with Crippen LogP contribution in [-0.4, -0.2) is 24.3 Å². The molecule has 0 aliphatic rings. The molecule has 1 heterocycles. The van der Waals surface area contributed by atoms with Gasteiger partial charge in [-0.2, -0.15) is 5.10 Å². The van der Waals surface area contributed by atoms with E-state index < -0.39 is 5.97 Å². The van der Waals surface area contributed by atoms with Crippen molar-refractivity contribution >= 4 is 56.2 Å². The highest BCUT2D eigenvalue weighted by atomic mass is 79.9. The monoisotopic (exact) mass is 541 g/mol. The summed E-state index contributed by atoms with van der Waals surface area (Å²) in [5, 5.41) is 7.43. The molecule has 0 saturated carbocycles. The summed E-state index contributed by atoms with van der Waals surface area (Å²) < 4.78 is 11.9. The highest BCUT2D eigenvalue weighted by Gasteiger charge is 2.13. The fourth-order valence-corrected chi connectivity index (χ4v) is 3.89. The molecule has 0 unspecified atom stereocenters. The second-order valence-electron chi connectivity index (χ2n) is 6.72. The van der Waals surface area contributed by atoms with Gasteiger partial charge in [0.05, 0.1) is 24.6 Å². The third kappa shape index (κ3) is 5.98. The summed E-state index contributed by atoms with van der Waals surface area (Å²) >= 11 is 10.8. The van der Waals surface area contributed by atoms with Crippen molar-refractivity contribution in [3.63, 3.8) is 0 Å². The molecule has 0 saturated heterocycles. The minimum absolute atomic E-state index is 0.307. The molecule has 3 aromatic carbocycles. The largest absolute Gasteiger partial charge is 0.493 e. The molecule has 4 rings (SSSR count). The second-order valence-corrected chi connectivity index (χ2v) is 8.93. The number of carbonyl (C=O) groups excluding carboxylic acids is 1. The number of aromatic nitrogens is 1. The molecular formula is C24H17BrClN3O3S. The highest BCUT2D eigenvalue weighted by Crippen LogP contribution is 2.29. The summed E-state index contributed by atoms with van der Waals surface area (Å²) in [5.74, 6) is 0.216. The lowest BCUT2D eigenvalue weighted by Gasteiger charge is -2.10. The van der Waals surface area contributed by atoms with Crippen molar-refractivity contribution in [2.45, 2.75) is 0 Å². The van der Waals surface area contributed by atoms with E-state index in [1.807, 2.05) is 29.6 Å². The second kappa shape index (κ2) is 10.6. The standard InChI is InChI=1S/C24H17BrClN3O3S/c1-31-22-12-15(2-11-21(22)32-23(30)17-5-9-19(26)10-6-17)13-27-29-24-28-20(14-33-24)16-3-7-18(25)8-4-16/h2-14H,1H3,(H,28,29)/b27-13-. The number of anilines is 1. The average Bonchev–Trinajstić information content (AvgIpc) is 3.29. The molecule has 1 N–H and O–H groups in total. The molecule has 166 valence electrons. The van der Waals surface area contributed by atoms with E-state index in [1.165, 1.54) is 18.4 Å². The highest BCUT2D eigenvalue weighted by molar-refractivity contribution is 9.10. The van der Waals surface area contributed by atoms with Gasteiger partial charge in [-0.25, -0.2) is 9.78 Å². The minimum Gasteiger partial charge on any atom is -0.493 e. The number of methoxy groups -OCH3 is 1. The van der Waals surface area contributed by atoms with Crippen LogP contribution in [0.4, 0.5) is 5.13 Å². The Morgan fingerprint density at radius 1 is 1.09 bits per heavy atom. The first-order chi connectivity index (χ1) is 16.0. The molecule has 0 aliphatic carbocycles. The number of carbonyl (C=O) groups is 1. The van der Waals surface area contributed by atoms with E-state index in [-0.39, 0.29) is 0 Å². The van der Waals surface area contributed by atoms with Gasteiger partial charge in [-0.05, 0) is 60.2 Å². The molecule has 6 nitrogen and oxygen atoms in total. The van der Waals surface area contributed by atoms with Crippen LogP contribution in [-0.2, 0) is 0 Å². The third-order valence-corrected chi connectivity index (χ3v) is 6.02. The predicted molar refractivity (Wildman–Crippen MR) is 136 cm³/mol. The molecular weight excluding hydrogens is 526 g/mol. The Kier molecular flexibility index (Phi) is 7.39. The van der Waals surface area contributed by atoms with Gasteiger partial charge in [0.25, 0.3) is 0 Å². The molecule has 9 heteroatoms. The minimum atomic E-state index is -0.501. The van der Waals surface area contributed by atoms with E-state index >= 15 is 0 Å². The number of ether oxygens (including phenoxy) is 2. The van der Waals surface area contributed by atoms with Crippen LogP contribution in [0.5, 0.6) is 11.5 Å². The van der Waals surface area contributed by atoms with Crippen LogP contribution in [0.15, 0.2) is 81.7 Å². The molecule has 0 aliphatic heterocycles. The van der Waals surface area contributed by atoms with Gasteiger partial charge in [-0.15, -0.1) is 11.3 Å². The summed E-state index contributed by atoms with van der Waals surface area (Å²) in [7, 11) is 1.51. The fraction of sp³-hybridized carbons (Fsp3) is 0.0417. The number of hydrogen-bond acceptors (Lipinski definition) is 7. The lowest BCUT2D eigenvalue weighted by atomic mass is 10.2. The number of halogens is 2. The van der Waals surface area contributed by atoms with Crippen molar-refractivity contribution in [1.29, 1.82) is 0 Å². The van der Waals surface area contributed by atoms with Crippen molar-refractivity contribution in [3.05, 3.63) is 92.7 Å². The summed E-state index contributed by atoms with van der Waals surface area (Å²) in [6.07, 6.45) is 1.63. The quantitative estimate of drug-likeness (QED) is 0.119. The molecule has 1 aromatic heterocycles. The van der Waals surface area contributed by atoms with Crippen molar-refractivity contribution in [3.8, 4) is 22.8 Å². The van der Waals surface area contributed by atoms with Crippen LogP contribution in [0, 0.1) is 0 Å². The molecule has 0 amide bonds. The van der Waals surface area contributed by atoms with Gasteiger partial charge in [0, 0.05) is 20.4 Å². The van der Waals surface area contributed by atoms with Gasteiger partial charge >= 0.3 is 5.97 Å². The number of nitrogens with one attached hydrogen (secondary N) is 1. The van der Waals surface area contributed by atoms with E-state index in [1.54, 1.807) is 48.7 Å². The summed E-state index contributed by atoms with van der Waals surface area (Å²) in [5.41, 5.74) is 5.99. The lowest BCUT2D eigenvalue weighted by molar-refractivity contribution is 0.0729. The molecule has 0 radical (unpaired) electrons. The zero-order chi connectivity index (χ0) is 23.2. The van der Waals surface area contributed by atoms with Crippen LogP contribution in [0.2, 0.25) is 5.02 Å². The first-order valence-corrected chi connectivity index (χ1v) is 11.7. The Morgan fingerprint density at radius 3 is 2.58 bits per heavy atom. The van der Waals surface area contributed by atoms with Crippen LogP contribution in [0.1, 0.15) is 15.9 Å². The number of hydrazone groups is 1. The molecule has 33 heavy (non-hydrogen) atoms. The summed E-state index contributed by atoms with van der Waals surface area (Å²) in [4.78, 5) is 16.9. The lowest BCUT2D eigenvalue weighted by Crippen LogP contribution is -2.09. The topological polar surface area (TPSA) is 72.8 Å². The van der Waals surface area contributed by atoms with E-state index in [0.717, 1.165) is 21.3 Å². The van der Waals surface area contributed by atoms with Crippen molar-refractivity contribution < 1.29 is 14.3 Å². The average molecular weight is 543 g/mol. The Hall–Kier alpha value is -3.20. The zero-order valence-electron chi connectivity index (χ0n) is 17.3. The smallest absolute Gasteiger partial charge is 0.343 e. The van der Waals surface area contributed by atoms with Crippen molar-refractivity contribution in [2.75, 3.05) is 12.5 Å². The van der Waals surface area contributed by atoms with Gasteiger partial charge in [-0.3, -0.25) is 5.43 Å². The van der Waals surface area contributed by atoms with Crippen LogP contribution in [0.3, 0.4) is 0 Å². The van der Waals surface area contributed by atoms with E-state index in [2.05, 4.69) is 31.4 Å². The van der Waals surface area contributed by atoms with Gasteiger partial charge in [0.15, 0.2) is 11.5 Å². The number of thiazole rings is 1. The molecule has 0 fully saturated rings. The first kappa shape index (κ1) is 23.0. The van der Waals surface area contributed by atoms with Gasteiger partial charge in [0.2, 0.25) is 5.13 Å². The Labute approximate surface area is 208 Å². The molecule has 0 bridgehead atoms. The van der Waals surface area contributed by atoms with Crippen LogP contribution >= 0.6 is 38.9 Å². The van der Waals surface area contributed by atoms with Crippen molar-refractivity contribution in [1.82, 2.24) is 4.98 Å². The molecule has 0 spiro atoms. The Bertz CT molecular complexity index is 1290. The number of rotatable bonds is 7. The Balaban J connectivity index is 1.41. The maximum atomic E-state index is 12.4. The van der Waals surface area contributed by atoms with Crippen molar-refractivity contribution in [2.24, 2.45) is 5.10 Å². The molecule has 0 atom stereocenters. The first-order valence-electron chi connectivity index (χ1n) is 9.68. The number of esters is 1. The van der Waals surface area contributed by atoms with Crippen LogP contribution in [0.25, 0.3) is 11.3 Å². The van der Waals surface area contributed by atoms with Crippen LogP contribution < -0.4 is 14.9 Å². The number of benzene rings is 3. The fourth-order valence-electron chi connectivity index (χ4n) is 2.83. The zero-order valence-corrected chi connectivity index (χ0v) is 20.4. The number of hydrogen-bond donors (Lipinski definition) is 1. The predicted octanol–water partition coefficient (Wildman–Crippen LogP) is 6.90. The third-order valence-electron chi connectivity index (χ3n) is 4.49. The SMILES string of the molecule is COc1cc(/C=N\Nc2nc(-c3ccc(Br)cc3)cs2)ccc1OC(=O)c1ccc(Cl)cc1. The van der Waals surface area contributed by atoms with E-state index in [9.17, 15) is 4.79 Å². The molecule has 4 aromatic rings. The van der Waals surface area contributed by atoms with Gasteiger partial charge in [-0.1, -0.05) is 39.7 Å². The van der Waals surface area contributed by atoms with E-state index in [0.29, 0.717) is 27.2 Å². The normalized spacial score (nSPS) is 10.9. The van der Waals surface area contributed by atoms with E-state index in [4.69, 9.17) is 21.1 Å². The maximum absolute atomic E-state index is 12.4.